The van der Waals surface area contributed by atoms with Crippen molar-refractivity contribution in [3.05, 3.63) is 52.0 Å². The van der Waals surface area contributed by atoms with E-state index in [0.717, 1.165) is 16.6 Å². The standard InChI is InChI=1S/C13H16BrFN4/c1-2-19-8-9(7-17-19)5-13(18-16)11-6-10(14)3-4-12(11)15/h3-4,6-8,13,18H,2,5,16H2,1H3. The van der Waals surface area contributed by atoms with Crippen molar-refractivity contribution in [2.75, 3.05) is 0 Å². The minimum Gasteiger partial charge on any atom is -0.273 e. The molecule has 1 aromatic carbocycles. The lowest BCUT2D eigenvalue weighted by Gasteiger charge is -2.16. The van der Waals surface area contributed by atoms with Crippen molar-refractivity contribution in [1.29, 1.82) is 0 Å². The van der Waals surface area contributed by atoms with E-state index in [-0.39, 0.29) is 11.9 Å². The smallest absolute Gasteiger partial charge is 0.128 e. The molecule has 0 saturated carbocycles. The molecule has 4 nitrogen and oxygen atoms in total. The van der Waals surface area contributed by atoms with E-state index in [4.69, 9.17) is 5.84 Å². The average molecular weight is 327 g/mol. The van der Waals surface area contributed by atoms with Crippen molar-refractivity contribution in [3.63, 3.8) is 0 Å². The SMILES string of the molecule is CCn1cc(CC(NN)c2cc(Br)ccc2F)cn1. The monoisotopic (exact) mass is 326 g/mol. The molecular formula is C13H16BrFN4. The van der Waals surface area contributed by atoms with E-state index in [2.05, 4.69) is 26.5 Å². The highest BCUT2D eigenvalue weighted by Crippen LogP contribution is 2.24. The maximum Gasteiger partial charge on any atom is 0.128 e. The van der Waals surface area contributed by atoms with Crippen LogP contribution in [0.4, 0.5) is 4.39 Å². The predicted octanol–water partition coefficient (Wildman–Crippen LogP) is 2.55. The van der Waals surface area contributed by atoms with Gasteiger partial charge in [-0.1, -0.05) is 15.9 Å². The van der Waals surface area contributed by atoms with Gasteiger partial charge in [-0.25, -0.2) is 4.39 Å². The van der Waals surface area contributed by atoms with Gasteiger partial charge < -0.3 is 0 Å². The lowest BCUT2D eigenvalue weighted by Crippen LogP contribution is -2.30. The van der Waals surface area contributed by atoms with Crippen molar-refractivity contribution in [3.8, 4) is 0 Å². The van der Waals surface area contributed by atoms with E-state index in [9.17, 15) is 4.39 Å². The fraction of sp³-hybridized carbons (Fsp3) is 0.308. The third-order valence-electron chi connectivity index (χ3n) is 2.99. The van der Waals surface area contributed by atoms with Crippen LogP contribution in [0.1, 0.15) is 24.1 Å². The third kappa shape index (κ3) is 3.40. The van der Waals surface area contributed by atoms with Gasteiger partial charge in [0.05, 0.1) is 12.2 Å². The molecule has 1 aromatic heterocycles. The van der Waals surface area contributed by atoms with E-state index in [1.54, 1.807) is 18.3 Å². The fourth-order valence-corrected chi connectivity index (χ4v) is 2.34. The van der Waals surface area contributed by atoms with Crippen LogP contribution in [0.15, 0.2) is 35.1 Å². The summed E-state index contributed by atoms with van der Waals surface area (Å²) in [7, 11) is 0. The second kappa shape index (κ2) is 6.27. The van der Waals surface area contributed by atoms with Crippen LogP contribution in [0.5, 0.6) is 0 Å². The Morgan fingerprint density at radius 3 is 2.95 bits per heavy atom. The zero-order chi connectivity index (χ0) is 13.8. The molecule has 0 aliphatic carbocycles. The van der Waals surface area contributed by atoms with Crippen LogP contribution in [-0.4, -0.2) is 9.78 Å². The molecule has 0 saturated heterocycles. The lowest BCUT2D eigenvalue weighted by molar-refractivity contribution is 0.510. The van der Waals surface area contributed by atoms with Gasteiger partial charge in [0.1, 0.15) is 5.82 Å². The highest BCUT2D eigenvalue weighted by Gasteiger charge is 2.16. The highest BCUT2D eigenvalue weighted by atomic mass is 79.9. The first-order chi connectivity index (χ1) is 9.13. The summed E-state index contributed by atoms with van der Waals surface area (Å²) in [6.07, 6.45) is 4.31. The number of hydrazine groups is 1. The minimum atomic E-state index is -0.285. The van der Waals surface area contributed by atoms with Crippen molar-refractivity contribution < 1.29 is 4.39 Å². The van der Waals surface area contributed by atoms with Crippen LogP contribution in [-0.2, 0) is 13.0 Å². The van der Waals surface area contributed by atoms with Gasteiger partial charge in [0.25, 0.3) is 0 Å². The molecule has 1 unspecified atom stereocenters. The van der Waals surface area contributed by atoms with Crippen LogP contribution >= 0.6 is 15.9 Å². The van der Waals surface area contributed by atoms with E-state index >= 15 is 0 Å². The molecular weight excluding hydrogens is 311 g/mol. The number of aryl methyl sites for hydroxylation is 1. The summed E-state index contributed by atoms with van der Waals surface area (Å²) in [5.74, 6) is 5.28. The topological polar surface area (TPSA) is 55.9 Å². The number of halogens is 2. The van der Waals surface area contributed by atoms with Gasteiger partial charge in [0.15, 0.2) is 0 Å². The molecule has 0 radical (unpaired) electrons. The van der Waals surface area contributed by atoms with Crippen LogP contribution in [0, 0.1) is 5.82 Å². The molecule has 2 rings (SSSR count). The average Bonchev–Trinajstić information content (AvgIpc) is 2.87. The second-order valence-electron chi connectivity index (χ2n) is 4.29. The van der Waals surface area contributed by atoms with Gasteiger partial charge in [-0.15, -0.1) is 0 Å². The van der Waals surface area contributed by atoms with E-state index in [1.807, 2.05) is 17.8 Å². The van der Waals surface area contributed by atoms with Gasteiger partial charge in [-0.3, -0.25) is 16.0 Å². The summed E-state index contributed by atoms with van der Waals surface area (Å²) >= 11 is 3.34. The number of benzene rings is 1. The summed E-state index contributed by atoms with van der Waals surface area (Å²) in [6.45, 7) is 2.83. The van der Waals surface area contributed by atoms with Crippen molar-refractivity contribution >= 4 is 15.9 Å². The molecule has 6 heteroatoms. The van der Waals surface area contributed by atoms with Gasteiger partial charge >= 0.3 is 0 Å². The van der Waals surface area contributed by atoms with Crippen molar-refractivity contribution in [2.45, 2.75) is 25.9 Å². The maximum atomic E-state index is 13.8. The molecule has 0 bridgehead atoms. The normalized spacial score (nSPS) is 12.6. The Balaban J connectivity index is 2.22. The first-order valence-corrected chi connectivity index (χ1v) is 6.85. The first-order valence-electron chi connectivity index (χ1n) is 6.06. The summed E-state index contributed by atoms with van der Waals surface area (Å²) in [5, 5.41) is 4.20. The van der Waals surface area contributed by atoms with Gasteiger partial charge in [-0.05, 0) is 37.1 Å². The first kappa shape index (κ1) is 14.2. The van der Waals surface area contributed by atoms with Crippen LogP contribution in [0.3, 0.4) is 0 Å². The summed E-state index contributed by atoms with van der Waals surface area (Å²) < 4.78 is 16.5. The third-order valence-corrected chi connectivity index (χ3v) is 3.48. The largest absolute Gasteiger partial charge is 0.273 e. The number of rotatable bonds is 5. The van der Waals surface area contributed by atoms with Gasteiger partial charge in [0, 0.05) is 22.8 Å². The van der Waals surface area contributed by atoms with E-state index in [1.165, 1.54) is 6.07 Å². The summed E-state index contributed by atoms with van der Waals surface area (Å²) in [4.78, 5) is 0. The van der Waals surface area contributed by atoms with Crippen molar-refractivity contribution in [2.24, 2.45) is 5.84 Å². The molecule has 0 fully saturated rings. The molecule has 0 amide bonds. The Morgan fingerprint density at radius 1 is 1.53 bits per heavy atom. The van der Waals surface area contributed by atoms with Gasteiger partial charge in [0.2, 0.25) is 0 Å². The Morgan fingerprint density at radius 2 is 2.32 bits per heavy atom. The number of hydrogen-bond donors (Lipinski definition) is 2. The molecule has 1 heterocycles. The summed E-state index contributed by atoms with van der Waals surface area (Å²) in [5.41, 5.74) is 4.22. The zero-order valence-corrected chi connectivity index (χ0v) is 12.2. The Labute approximate surface area is 119 Å². The van der Waals surface area contributed by atoms with Crippen LogP contribution in [0.2, 0.25) is 0 Å². The number of aromatic nitrogens is 2. The fourth-order valence-electron chi connectivity index (χ4n) is 1.96. The second-order valence-corrected chi connectivity index (χ2v) is 5.21. The Kier molecular flexibility index (Phi) is 4.68. The molecule has 0 spiro atoms. The minimum absolute atomic E-state index is 0.269. The maximum absolute atomic E-state index is 13.8. The molecule has 0 aliphatic heterocycles. The Hall–Kier alpha value is -1.24. The van der Waals surface area contributed by atoms with Gasteiger partial charge in [-0.2, -0.15) is 5.10 Å². The molecule has 19 heavy (non-hydrogen) atoms. The number of nitrogens with two attached hydrogens (primary N) is 1. The Bertz CT molecular complexity index is 555. The molecule has 102 valence electrons. The highest BCUT2D eigenvalue weighted by molar-refractivity contribution is 9.10. The lowest BCUT2D eigenvalue weighted by atomic mass is 10.0. The number of hydrogen-bond acceptors (Lipinski definition) is 3. The predicted molar refractivity (Wildman–Crippen MR) is 75.8 cm³/mol. The quantitative estimate of drug-likeness (QED) is 0.655. The summed E-state index contributed by atoms with van der Waals surface area (Å²) in [6, 6.07) is 4.55. The molecule has 2 aromatic rings. The zero-order valence-electron chi connectivity index (χ0n) is 10.6. The molecule has 0 aliphatic rings. The molecule has 1 atom stereocenters. The number of nitrogens with zero attached hydrogens (tertiary/aromatic N) is 2. The van der Waals surface area contributed by atoms with Crippen LogP contribution in [0.25, 0.3) is 0 Å². The van der Waals surface area contributed by atoms with E-state index in [0.29, 0.717) is 12.0 Å². The molecule has 3 N–H and O–H groups in total. The van der Waals surface area contributed by atoms with Crippen molar-refractivity contribution in [1.82, 2.24) is 15.2 Å². The van der Waals surface area contributed by atoms with Crippen LogP contribution < -0.4 is 11.3 Å². The number of nitrogens with one attached hydrogen (secondary N) is 1. The van der Waals surface area contributed by atoms with E-state index < -0.39 is 0 Å².